The minimum absolute atomic E-state index is 0.0822. The molecule has 176 valence electrons. The van der Waals surface area contributed by atoms with E-state index in [4.69, 9.17) is 9.72 Å². The second-order valence-corrected chi connectivity index (χ2v) is 10.2. The largest absolute Gasteiger partial charge is 0.383 e. The molecule has 10 heteroatoms. The summed E-state index contributed by atoms with van der Waals surface area (Å²) < 4.78 is 6.97. The summed E-state index contributed by atoms with van der Waals surface area (Å²) in [5.74, 6) is 0.837. The van der Waals surface area contributed by atoms with Crippen LogP contribution in [0.5, 0.6) is 0 Å². The van der Waals surface area contributed by atoms with Gasteiger partial charge in [0.1, 0.15) is 22.7 Å². The second kappa shape index (κ2) is 8.44. The monoisotopic (exact) mass is 478 g/mol. The van der Waals surface area contributed by atoms with E-state index >= 15 is 0 Å². The molecule has 5 rings (SSSR count). The number of fused-ring (bicyclic) bond motifs is 4. The van der Waals surface area contributed by atoms with Gasteiger partial charge in [-0.25, -0.2) is 15.0 Å². The van der Waals surface area contributed by atoms with Gasteiger partial charge < -0.3 is 15.0 Å². The fourth-order valence-electron chi connectivity index (χ4n) is 4.34. The number of nitrogens with zero attached hydrogens (tertiary/aromatic N) is 5. The summed E-state index contributed by atoms with van der Waals surface area (Å²) in [5, 5.41) is 15.3. The maximum absolute atomic E-state index is 11.4. The minimum atomic E-state index is -0.358. The Morgan fingerprint density at radius 3 is 2.88 bits per heavy atom. The molecule has 4 aromatic rings. The predicted molar refractivity (Wildman–Crippen MR) is 135 cm³/mol. The van der Waals surface area contributed by atoms with Crippen molar-refractivity contribution in [3.63, 3.8) is 0 Å². The first-order valence-electron chi connectivity index (χ1n) is 11.1. The third-order valence-corrected chi connectivity index (χ3v) is 7.32. The standard InChI is InChI=1S/C24H26N6O3S/c1-24(2)11-18-15(12-33-24)10-16-20-21(34-23(16)28-18)22(27-13-26-20)29(4)8-7-14-5-6-17(25-3)19(9-14)30(31)32/h5-6,9-10,13,25H,7-8,11-12H2,1-4H3. The molecule has 0 bridgehead atoms. The number of nitrogens with one attached hydrogen (secondary N) is 1. The van der Waals surface area contributed by atoms with Crippen LogP contribution in [0.25, 0.3) is 20.4 Å². The molecular weight excluding hydrogens is 452 g/mol. The molecule has 1 aliphatic rings. The van der Waals surface area contributed by atoms with Gasteiger partial charge in [0.15, 0.2) is 0 Å². The van der Waals surface area contributed by atoms with Crippen LogP contribution in [0.1, 0.15) is 30.7 Å². The fraction of sp³-hybridized carbons (Fsp3) is 0.375. The number of nitro benzene ring substituents is 1. The number of aromatic nitrogens is 3. The Morgan fingerprint density at radius 2 is 2.12 bits per heavy atom. The first-order valence-corrected chi connectivity index (χ1v) is 11.9. The van der Waals surface area contributed by atoms with E-state index < -0.39 is 0 Å². The zero-order chi connectivity index (χ0) is 24.0. The molecule has 0 saturated heterocycles. The molecule has 9 nitrogen and oxygen atoms in total. The number of nitro groups is 1. The topological polar surface area (TPSA) is 106 Å². The highest BCUT2D eigenvalue weighted by atomic mass is 32.1. The molecule has 0 spiro atoms. The third kappa shape index (κ3) is 4.03. The zero-order valence-corrected chi connectivity index (χ0v) is 20.4. The lowest BCUT2D eigenvalue weighted by Gasteiger charge is -2.30. The molecule has 1 aromatic carbocycles. The highest BCUT2D eigenvalue weighted by Crippen LogP contribution is 2.38. The number of pyridine rings is 1. The molecule has 0 atom stereocenters. The van der Waals surface area contributed by atoms with E-state index in [0.29, 0.717) is 25.3 Å². The SMILES string of the molecule is CNc1ccc(CCN(C)c2ncnc3c2sc2nc4c(cc23)COC(C)(C)C4)cc1[N+](=O)[O-]. The van der Waals surface area contributed by atoms with Gasteiger partial charge in [-0.05, 0) is 38.0 Å². The minimum Gasteiger partial charge on any atom is -0.383 e. The van der Waals surface area contributed by atoms with Gasteiger partial charge in [0.2, 0.25) is 0 Å². The van der Waals surface area contributed by atoms with E-state index in [-0.39, 0.29) is 16.2 Å². The van der Waals surface area contributed by atoms with Crippen molar-refractivity contribution in [3.05, 3.63) is 57.5 Å². The average Bonchev–Trinajstić information content (AvgIpc) is 3.17. The number of rotatable bonds is 6. The molecule has 34 heavy (non-hydrogen) atoms. The highest BCUT2D eigenvalue weighted by molar-refractivity contribution is 7.25. The summed E-state index contributed by atoms with van der Waals surface area (Å²) in [5.41, 5.74) is 4.38. The van der Waals surface area contributed by atoms with Crippen LogP contribution in [0.15, 0.2) is 30.6 Å². The molecule has 0 amide bonds. The number of anilines is 2. The molecule has 1 aliphatic heterocycles. The molecule has 3 aromatic heterocycles. The predicted octanol–water partition coefficient (Wildman–Crippen LogP) is 4.72. The van der Waals surface area contributed by atoms with Crippen LogP contribution < -0.4 is 10.2 Å². The normalized spacial score (nSPS) is 14.8. The molecule has 0 fully saturated rings. The average molecular weight is 479 g/mol. The Bertz CT molecular complexity index is 1420. The van der Waals surface area contributed by atoms with Crippen LogP contribution in [0.4, 0.5) is 17.2 Å². The van der Waals surface area contributed by atoms with Crippen LogP contribution >= 0.6 is 11.3 Å². The van der Waals surface area contributed by atoms with E-state index in [9.17, 15) is 10.1 Å². The van der Waals surface area contributed by atoms with Gasteiger partial charge in [-0.15, -0.1) is 11.3 Å². The first-order chi connectivity index (χ1) is 16.3. The van der Waals surface area contributed by atoms with Gasteiger partial charge in [-0.2, -0.15) is 0 Å². The summed E-state index contributed by atoms with van der Waals surface area (Å²) in [6.45, 7) is 5.39. The molecule has 0 unspecified atom stereocenters. The number of benzene rings is 1. The van der Waals surface area contributed by atoms with Crippen LogP contribution in [-0.4, -0.2) is 46.1 Å². The lowest BCUT2D eigenvalue weighted by Crippen LogP contribution is -2.32. The van der Waals surface area contributed by atoms with Gasteiger partial charge in [0.05, 0.1) is 33.0 Å². The second-order valence-electron chi connectivity index (χ2n) is 9.18. The lowest BCUT2D eigenvalue weighted by atomic mass is 9.95. The van der Waals surface area contributed by atoms with E-state index in [1.807, 2.05) is 13.1 Å². The van der Waals surface area contributed by atoms with Crippen LogP contribution in [0.2, 0.25) is 0 Å². The van der Waals surface area contributed by atoms with Crippen molar-refractivity contribution in [1.82, 2.24) is 15.0 Å². The Hall–Kier alpha value is -3.37. The summed E-state index contributed by atoms with van der Waals surface area (Å²) in [6.07, 6.45) is 3.02. The van der Waals surface area contributed by atoms with Gasteiger partial charge in [0, 0.05) is 44.1 Å². The van der Waals surface area contributed by atoms with E-state index in [2.05, 4.69) is 40.1 Å². The van der Waals surface area contributed by atoms with Crippen molar-refractivity contribution >= 4 is 49.0 Å². The molecule has 0 saturated carbocycles. The van der Waals surface area contributed by atoms with Crippen LogP contribution in [0, 0.1) is 10.1 Å². The van der Waals surface area contributed by atoms with Crippen molar-refractivity contribution < 1.29 is 9.66 Å². The Balaban J connectivity index is 1.44. The molecule has 4 heterocycles. The molecule has 0 radical (unpaired) electrons. The maximum atomic E-state index is 11.4. The fourth-order valence-corrected chi connectivity index (χ4v) is 5.52. The van der Waals surface area contributed by atoms with Crippen molar-refractivity contribution in [2.75, 3.05) is 30.9 Å². The van der Waals surface area contributed by atoms with Crippen molar-refractivity contribution in [2.24, 2.45) is 0 Å². The number of ether oxygens (including phenoxy) is 1. The lowest BCUT2D eigenvalue weighted by molar-refractivity contribution is -0.384. The van der Waals surface area contributed by atoms with Gasteiger partial charge in [-0.3, -0.25) is 10.1 Å². The molecule has 1 N–H and O–H groups in total. The molecule has 0 aliphatic carbocycles. The highest BCUT2D eigenvalue weighted by Gasteiger charge is 2.28. The van der Waals surface area contributed by atoms with E-state index in [0.717, 1.165) is 49.5 Å². The maximum Gasteiger partial charge on any atom is 0.292 e. The van der Waals surface area contributed by atoms with Crippen LogP contribution in [-0.2, 0) is 24.2 Å². The summed E-state index contributed by atoms with van der Waals surface area (Å²) in [4.78, 5) is 28.2. The number of thiophene rings is 1. The summed E-state index contributed by atoms with van der Waals surface area (Å²) >= 11 is 1.61. The number of likely N-dealkylation sites (N-methyl/N-ethyl adjacent to an activating group) is 1. The van der Waals surface area contributed by atoms with E-state index in [1.54, 1.807) is 36.8 Å². The van der Waals surface area contributed by atoms with Crippen molar-refractivity contribution in [3.8, 4) is 0 Å². The van der Waals surface area contributed by atoms with Gasteiger partial charge in [0.25, 0.3) is 5.69 Å². The Morgan fingerprint density at radius 1 is 1.29 bits per heavy atom. The van der Waals surface area contributed by atoms with Gasteiger partial charge in [-0.1, -0.05) is 6.07 Å². The van der Waals surface area contributed by atoms with E-state index in [1.165, 1.54) is 0 Å². The number of hydrogen-bond donors (Lipinski definition) is 1. The van der Waals surface area contributed by atoms with Gasteiger partial charge >= 0.3 is 0 Å². The summed E-state index contributed by atoms with van der Waals surface area (Å²) in [6, 6.07) is 7.46. The van der Waals surface area contributed by atoms with Crippen molar-refractivity contribution in [2.45, 2.75) is 38.9 Å². The Kier molecular flexibility index (Phi) is 5.57. The smallest absolute Gasteiger partial charge is 0.292 e. The zero-order valence-electron chi connectivity index (χ0n) is 19.6. The molecular formula is C24H26N6O3S. The number of hydrogen-bond acceptors (Lipinski definition) is 9. The quantitative estimate of drug-likeness (QED) is 0.313. The first kappa shape index (κ1) is 22.4. The van der Waals surface area contributed by atoms with Crippen LogP contribution in [0.3, 0.4) is 0 Å². The Labute approximate surface area is 201 Å². The van der Waals surface area contributed by atoms with Crippen molar-refractivity contribution in [1.29, 1.82) is 0 Å². The summed E-state index contributed by atoms with van der Waals surface area (Å²) in [7, 11) is 3.66. The third-order valence-electron chi connectivity index (χ3n) is 6.23.